The Bertz CT molecular complexity index is 1240. The molecule has 182 valence electrons. The second-order valence-corrected chi connectivity index (χ2v) is 12.1. The predicted molar refractivity (Wildman–Crippen MR) is 139 cm³/mol. The molecule has 3 amide bonds. The monoisotopic (exact) mass is 620 g/mol. The van der Waals surface area contributed by atoms with Gasteiger partial charge in [0.2, 0.25) is 0 Å². The van der Waals surface area contributed by atoms with Crippen molar-refractivity contribution in [2.45, 2.75) is 29.9 Å². The Morgan fingerprint density at radius 1 is 0.971 bits per heavy atom. The van der Waals surface area contributed by atoms with E-state index in [9.17, 15) is 19.2 Å². The molecule has 0 aromatic heterocycles. The van der Waals surface area contributed by atoms with E-state index in [-0.39, 0.29) is 37.9 Å². The van der Waals surface area contributed by atoms with Crippen LogP contribution in [0.1, 0.15) is 38.3 Å². The molecule has 6 nitrogen and oxygen atoms in total. The molecule has 9 heteroatoms. The van der Waals surface area contributed by atoms with Crippen molar-refractivity contribution >= 4 is 67.0 Å². The molecule has 3 fully saturated rings. The predicted octanol–water partition coefficient (Wildman–Crippen LogP) is 4.97. The van der Waals surface area contributed by atoms with Crippen LogP contribution in [0.25, 0.3) is 0 Å². The first kappa shape index (κ1) is 24.7. The van der Waals surface area contributed by atoms with Crippen molar-refractivity contribution in [2.24, 2.45) is 23.7 Å². The van der Waals surface area contributed by atoms with Crippen molar-refractivity contribution in [3.05, 3.63) is 69.7 Å². The lowest BCUT2D eigenvalue weighted by atomic mass is 9.81. The van der Waals surface area contributed by atoms with Crippen LogP contribution >= 0.6 is 43.5 Å². The van der Waals surface area contributed by atoms with Gasteiger partial charge in [0.15, 0.2) is 5.78 Å². The first-order valence-electron chi connectivity index (χ1n) is 11.4. The minimum atomic E-state index is -0.660. The SMILES string of the molecule is Cc1ccc(C(=O)CN(C(=O)c2ccccc2Cl)N2C(=O)[C@@H]3[C@H]4C[C@@H]([C@@H](Br)[C@H]4Br)[C@H]3C2=O)cc1C. The zero-order valence-electron chi connectivity index (χ0n) is 19.1. The lowest BCUT2D eigenvalue weighted by molar-refractivity contribution is -0.154. The van der Waals surface area contributed by atoms with Crippen LogP contribution in [-0.4, -0.2) is 49.7 Å². The van der Waals surface area contributed by atoms with Crippen LogP contribution in [0.2, 0.25) is 5.02 Å². The molecule has 2 aromatic carbocycles. The van der Waals surface area contributed by atoms with Crippen LogP contribution < -0.4 is 0 Å². The number of carbonyl (C=O) groups is 4. The first-order chi connectivity index (χ1) is 16.6. The third kappa shape index (κ3) is 3.89. The summed E-state index contributed by atoms with van der Waals surface area (Å²) in [6.45, 7) is 3.39. The van der Waals surface area contributed by atoms with Gasteiger partial charge in [0.05, 0.1) is 22.4 Å². The van der Waals surface area contributed by atoms with Gasteiger partial charge in [-0.25, -0.2) is 5.01 Å². The third-order valence-electron chi connectivity index (χ3n) is 7.67. The van der Waals surface area contributed by atoms with Crippen molar-refractivity contribution < 1.29 is 19.2 Å². The molecule has 0 N–H and O–H groups in total. The Morgan fingerprint density at radius 3 is 2.14 bits per heavy atom. The van der Waals surface area contributed by atoms with Gasteiger partial charge < -0.3 is 0 Å². The number of aryl methyl sites for hydroxylation is 2. The third-order valence-corrected chi connectivity index (χ3v) is 11.2. The van der Waals surface area contributed by atoms with Gasteiger partial charge in [-0.2, -0.15) is 5.01 Å². The summed E-state index contributed by atoms with van der Waals surface area (Å²) in [4.78, 5) is 54.4. The molecule has 1 saturated heterocycles. The Hall–Kier alpha value is -2.03. The average molecular weight is 623 g/mol. The molecule has 0 unspecified atom stereocenters. The smallest absolute Gasteiger partial charge is 0.274 e. The van der Waals surface area contributed by atoms with E-state index in [1.165, 1.54) is 6.07 Å². The summed E-state index contributed by atoms with van der Waals surface area (Å²) >= 11 is 13.6. The number of amides is 3. The molecule has 5 rings (SSSR count). The van der Waals surface area contributed by atoms with E-state index in [4.69, 9.17) is 11.6 Å². The molecule has 2 saturated carbocycles. The van der Waals surface area contributed by atoms with E-state index in [1.807, 2.05) is 19.9 Å². The number of hydrazine groups is 1. The summed E-state index contributed by atoms with van der Waals surface area (Å²) in [5, 5.41) is 2.10. The molecule has 6 atom stereocenters. The number of hydrogen-bond acceptors (Lipinski definition) is 4. The molecule has 0 radical (unpaired) electrons. The summed E-state index contributed by atoms with van der Waals surface area (Å²) in [6.07, 6.45) is 0.770. The Balaban J connectivity index is 1.53. The summed E-state index contributed by atoms with van der Waals surface area (Å²) in [6, 6.07) is 11.7. The summed E-state index contributed by atoms with van der Waals surface area (Å²) in [5.74, 6) is -2.92. The number of imide groups is 1. The second-order valence-electron chi connectivity index (χ2n) is 9.56. The van der Waals surface area contributed by atoms with Crippen LogP contribution in [0, 0.1) is 37.5 Å². The molecular weight excluding hydrogens is 600 g/mol. The van der Waals surface area contributed by atoms with E-state index >= 15 is 0 Å². The van der Waals surface area contributed by atoms with Crippen molar-refractivity contribution in [2.75, 3.05) is 6.54 Å². The van der Waals surface area contributed by atoms with Gasteiger partial charge in [0.1, 0.15) is 6.54 Å². The second kappa shape index (κ2) is 9.12. The van der Waals surface area contributed by atoms with Gasteiger partial charge in [-0.05, 0) is 61.4 Å². The Labute approximate surface area is 225 Å². The highest BCUT2D eigenvalue weighted by atomic mass is 79.9. The maximum atomic E-state index is 13.7. The quantitative estimate of drug-likeness (QED) is 0.268. The number of alkyl halides is 2. The fourth-order valence-electron chi connectivity index (χ4n) is 5.72. The van der Waals surface area contributed by atoms with Gasteiger partial charge in [0.25, 0.3) is 17.7 Å². The zero-order chi connectivity index (χ0) is 25.2. The highest BCUT2D eigenvalue weighted by molar-refractivity contribution is 9.12. The van der Waals surface area contributed by atoms with Crippen molar-refractivity contribution in [3.8, 4) is 0 Å². The largest absolute Gasteiger partial charge is 0.292 e. The topological polar surface area (TPSA) is 74.8 Å². The van der Waals surface area contributed by atoms with Crippen LogP contribution in [0.3, 0.4) is 0 Å². The number of benzene rings is 2. The van der Waals surface area contributed by atoms with Gasteiger partial charge in [-0.1, -0.05) is 67.7 Å². The minimum absolute atomic E-state index is 0.0106. The number of halogens is 3. The average Bonchev–Trinajstić information content (AvgIpc) is 3.44. The molecule has 1 aliphatic heterocycles. The zero-order valence-corrected chi connectivity index (χ0v) is 23.0. The van der Waals surface area contributed by atoms with E-state index < -0.39 is 36.1 Å². The molecule has 2 bridgehead atoms. The Morgan fingerprint density at radius 2 is 1.57 bits per heavy atom. The number of fused-ring (bicyclic) bond motifs is 5. The lowest BCUT2D eigenvalue weighted by Crippen LogP contribution is -2.52. The number of hydrogen-bond donors (Lipinski definition) is 0. The maximum absolute atomic E-state index is 13.7. The van der Waals surface area contributed by atoms with Gasteiger partial charge in [-0.15, -0.1) is 0 Å². The number of Topliss-reactive ketones (excluding diaryl/α,β-unsaturated/α-hetero) is 1. The Kier molecular flexibility index (Phi) is 6.43. The normalized spacial score (nSPS) is 29.0. The van der Waals surface area contributed by atoms with Gasteiger partial charge >= 0.3 is 0 Å². The molecule has 2 aliphatic carbocycles. The first-order valence-corrected chi connectivity index (χ1v) is 13.7. The molecule has 35 heavy (non-hydrogen) atoms. The summed E-state index contributed by atoms with van der Waals surface area (Å²) in [7, 11) is 0. The van der Waals surface area contributed by atoms with Crippen LogP contribution in [-0.2, 0) is 9.59 Å². The lowest BCUT2D eigenvalue weighted by Gasteiger charge is -2.31. The standard InChI is InChI=1S/C26H23Br2ClN2O4/c1-12-7-8-14(9-13(12)2)19(32)11-30(24(33)15-5-3-4-6-18(15)29)31-25(34)20-16-10-17(21(20)26(31)35)23(28)22(16)27/h3-9,16-17,20-23H,10-11H2,1-2H3/t16-,17-,20-,21-,22-,23+/m1/s1. The molecular formula is C26H23Br2ClN2O4. The number of nitrogens with zero attached hydrogens (tertiary/aromatic N) is 2. The molecule has 2 aromatic rings. The fourth-order valence-corrected chi connectivity index (χ4v) is 7.81. The maximum Gasteiger partial charge on any atom is 0.274 e. The minimum Gasteiger partial charge on any atom is -0.292 e. The number of ketones is 1. The van der Waals surface area contributed by atoms with Crippen molar-refractivity contribution in [1.82, 2.24) is 10.0 Å². The van der Waals surface area contributed by atoms with E-state index in [1.54, 1.807) is 30.3 Å². The number of carbonyl (C=O) groups excluding carboxylic acids is 4. The summed E-state index contributed by atoms with van der Waals surface area (Å²) in [5.41, 5.74) is 2.50. The molecule has 1 heterocycles. The van der Waals surface area contributed by atoms with Crippen LogP contribution in [0.5, 0.6) is 0 Å². The fraction of sp³-hybridized carbons (Fsp3) is 0.385. The van der Waals surface area contributed by atoms with Gasteiger partial charge in [0, 0.05) is 15.2 Å². The highest BCUT2D eigenvalue weighted by Gasteiger charge is 2.67. The van der Waals surface area contributed by atoms with Crippen LogP contribution in [0.4, 0.5) is 0 Å². The van der Waals surface area contributed by atoms with E-state index in [2.05, 4.69) is 31.9 Å². The van der Waals surface area contributed by atoms with Crippen molar-refractivity contribution in [3.63, 3.8) is 0 Å². The highest BCUT2D eigenvalue weighted by Crippen LogP contribution is 2.60. The van der Waals surface area contributed by atoms with Crippen LogP contribution in [0.15, 0.2) is 42.5 Å². The number of rotatable bonds is 5. The summed E-state index contributed by atoms with van der Waals surface area (Å²) < 4.78 is 0. The van der Waals surface area contributed by atoms with E-state index in [0.29, 0.717) is 5.56 Å². The van der Waals surface area contributed by atoms with Gasteiger partial charge in [-0.3, -0.25) is 19.2 Å². The van der Waals surface area contributed by atoms with E-state index in [0.717, 1.165) is 27.6 Å². The molecule has 0 spiro atoms. The van der Waals surface area contributed by atoms with Crippen molar-refractivity contribution in [1.29, 1.82) is 0 Å². The molecule has 3 aliphatic rings.